The van der Waals surface area contributed by atoms with Crippen molar-refractivity contribution in [3.8, 4) is 0 Å². The van der Waals surface area contributed by atoms with Gasteiger partial charge in [-0.15, -0.1) is 0 Å². The molecule has 116 valence electrons. The summed E-state index contributed by atoms with van der Waals surface area (Å²) in [4.78, 5) is 14.1. The number of hydrogen-bond acceptors (Lipinski definition) is 3. The monoisotopic (exact) mass is 299 g/mol. The lowest BCUT2D eigenvalue weighted by Crippen LogP contribution is -2.29. The summed E-state index contributed by atoms with van der Waals surface area (Å²) in [5.74, 6) is 0.765. The molecule has 0 aliphatic heterocycles. The van der Waals surface area contributed by atoms with Crippen molar-refractivity contribution in [2.45, 2.75) is 39.3 Å². The summed E-state index contributed by atoms with van der Waals surface area (Å²) in [7, 11) is 1.98. The third-order valence-corrected chi connectivity index (χ3v) is 4.09. The number of rotatable bonds is 5. The van der Waals surface area contributed by atoms with Crippen LogP contribution in [0.3, 0.4) is 0 Å². The summed E-state index contributed by atoms with van der Waals surface area (Å²) in [6, 6.07) is 3.73. The van der Waals surface area contributed by atoms with E-state index in [1.54, 1.807) is 23.3 Å². The molecule has 0 N–H and O–H groups in total. The maximum atomic E-state index is 12.3. The van der Waals surface area contributed by atoms with E-state index in [0.717, 1.165) is 24.3 Å². The summed E-state index contributed by atoms with van der Waals surface area (Å²) in [6.07, 6.45) is 8.30. The van der Waals surface area contributed by atoms with Crippen LogP contribution in [0.5, 0.6) is 0 Å². The lowest BCUT2D eigenvalue weighted by Gasteiger charge is -2.19. The Hall–Kier alpha value is -2.30. The predicted molar refractivity (Wildman–Crippen MR) is 83.0 cm³/mol. The first-order chi connectivity index (χ1) is 10.7. The van der Waals surface area contributed by atoms with Gasteiger partial charge in [0, 0.05) is 12.7 Å². The Morgan fingerprint density at radius 3 is 3.05 bits per heavy atom. The minimum atomic E-state index is -0.0173. The van der Waals surface area contributed by atoms with Crippen molar-refractivity contribution in [3.05, 3.63) is 53.3 Å². The van der Waals surface area contributed by atoms with Crippen LogP contribution < -0.4 is 0 Å². The number of amides is 1. The highest BCUT2D eigenvalue weighted by Crippen LogP contribution is 2.26. The molecule has 1 aliphatic carbocycles. The molecule has 0 atom stereocenters. The van der Waals surface area contributed by atoms with Crippen molar-refractivity contribution in [3.63, 3.8) is 0 Å². The molecule has 1 aliphatic rings. The lowest BCUT2D eigenvalue weighted by atomic mass is 10.2. The zero-order chi connectivity index (χ0) is 15.5. The van der Waals surface area contributed by atoms with Crippen LogP contribution in [0, 0.1) is 0 Å². The lowest BCUT2D eigenvalue weighted by molar-refractivity contribution is -0.127. The number of fused-ring (bicyclic) bond motifs is 1. The average Bonchev–Trinajstić information content (AvgIpc) is 3.20. The van der Waals surface area contributed by atoms with E-state index in [1.165, 1.54) is 17.7 Å². The molecule has 2 aromatic rings. The maximum absolute atomic E-state index is 12.3. The Bertz CT molecular complexity index is 683. The largest absolute Gasteiger partial charge is 0.467 e. The summed E-state index contributed by atoms with van der Waals surface area (Å²) < 4.78 is 7.35. The average molecular weight is 299 g/mol. The Morgan fingerprint density at radius 1 is 1.45 bits per heavy atom. The van der Waals surface area contributed by atoms with Gasteiger partial charge in [-0.2, -0.15) is 5.10 Å². The number of carbonyl (C=O) groups is 1. The second-order valence-corrected chi connectivity index (χ2v) is 5.62. The van der Waals surface area contributed by atoms with Gasteiger partial charge in [-0.25, -0.2) is 0 Å². The van der Waals surface area contributed by atoms with Crippen LogP contribution in [-0.4, -0.2) is 20.6 Å². The Kier molecular flexibility index (Phi) is 4.13. The number of furan rings is 1. The Morgan fingerprint density at radius 2 is 2.32 bits per heavy atom. The third-order valence-electron chi connectivity index (χ3n) is 4.09. The van der Waals surface area contributed by atoms with E-state index in [9.17, 15) is 4.79 Å². The molecular weight excluding hydrogens is 278 g/mol. The molecule has 0 unspecified atom stereocenters. The maximum Gasteiger partial charge on any atom is 0.246 e. The first-order valence-electron chi connectivity index (χ1n) is 7.66. The molecule has 0 bridgehead atoms. The van der Waals surface area contributed by atoms with Crippen LogP contribution in [0.15, 0.2) is 35.0 Å². The standard InChI is InChI=1S/C17H21N3O2/c1-3-6-17(21)20(11-13-7-5-10-22-13)12-15-14-8-4-9-16(14)19(2)18-15/h3,5-7,10H,4,8-9,11-12H2,1-2H3/b6-3+. The SMILES string of the molecule is C/C=C/C(=O)N(Cc1ccco1)Cc1nn(C)c2c1CCC2. The van der Waals surface area contributed by atoms with Gasteiger partial charge in [0.25, 0.3) is 0 Å². The van der Waals surface area contributed by atoms with E-state index < -0.39 is 0 Å². The molecule has 0 fully saturated rings. The minimum Gasteiger partial charge on any atom is -0.467 e. The molecule has 3 rings (SSSR count). The first-order valence-corrected chi connectivity index (χ1v) is 7.66. The second kappa shape index (κ2) is 6.22. The molecule has 0 saturated carbocycles. The normalized spacial score (nSPS) is 13.7. The Balaban J connectivity index is 1.83. The summed E-state index contributed by atoms with van der Waals surface area (Å²) in [6.45, 7) is 2.83. The van der Waals surface area contributed by atoms with Crippen LogP contribution in [-0.2, 0) is 37.8 Å². The number of hydrogen-bond donors (Lipinski definition) is 0. The predicted octanol–water partition coefficient (Wildman–Crippen LogP) is 2.61. The van der Waals surface area contributed by atoms with E-state index in [2.05, 4.69) is 5.10 Å². The van der Waals surface area contributed by atoms with Crippen molar-refractivity contribution in [1.82, 2.24) is 14.7 Å². The van der Waals surface area contributed by atoms with E-state index in [-0.39, 0.29) is 5.91 Å². The number of nitrogens with zero attached hydrogens (tertiary/aromatic N) is 3. The quantitative estimate of drug-likeness (QED) is 0.797. The van der Waals surface area contributed by atoms with Gasteiger partial charge < -0.3 is 9.32 Å². The van der Waals surface area contributed by atoms with E-state index >= 15 is 0 Å². The molecule has 0 radical (unpaired) electrons. The number of allylic oxidation sites excluding steroid dienone is 1. The van der Waals surface area contributed by atoms with Crippen molar-refractivity contribution in [2.24, 2.45) is 7.05 Å². The highest BCUT2D eigenvalue weighted by atomic mass is 16.3. The van der Waals surface area contributed by atoms with Gasteiger partial charge in [-0.3, -0.25) is 9.48 Å². The van der Waals surface area contributed by atoms with Crippen LogP contribution in [0.25, 0.3) is 0 Å². The third kappa shape index (κ3) is 2.84. The number of aryl methyl sites for hydroxylation is 1. The van der Waals surface area contributed by atoms with E-state index in [0.29, 0.717) is 13.1 Å². The smallest absolute Gasteiger partial charge is 0.246 e. The molecular formula is C17H21N3O2. The zero-order valence-corrected chi connectivity index (χ0v) is 13.1. The summed E-state index contributed by atoms with van der Waals surface area (Å²) in [5, 5.41) is 4.61. The highest BCUT2D eigenvalue weighted by Gasteiger charge is 2.23. The van der Waals surface area contributed by atoms with Gasteiger partial charge in [0.1, 0.15) is 5.76 Å². The molecule has 0 aromatic carbocycles. The Labute approximate surface area is 130 Å². The molecule has 22 heavy (non-hydrogen) atoms. The molecule has 0 saturated heterocycles. The summed E-state index contributed by atoms with van der Waals surface area (Å²) >= 11 is 0. The van der Waals surface area contributed by atoms with Crippen molar-refractivity contribution < 1.29 is 9.21 Å². The fourth-order valence-corrected chi connectivity index (χ4v) is 3.06. The van der Waals surface area contributed by atoms with Crippen LogP contribution in [0.4, 0.5) is 0 Å². The minimum absolute atomic E-state index is 0.0173. The van der Waals surface area contributed by atoms with Gasteiger partial charge in [0.2, 0.25) is 5.91 Å². The van der Waals surface area contributed by atoms with Crippen LogP contribution >= 0.6 is 0 Å². The van der Waals surface area contributed by atoms with Gasteiger partial charge in [0.05, 0.1) is 25.0 Å². The fourth-order valence-electron chi connectivity index (χ4n) is 3.06. The molecule has 2 aromatic heterocycles. The van der Waals surface area contributed by atoms with Crippen molar-refractivity contribution in [2.75, 3.05) is 0 Å². The van der Waals surface area contributed by atoms with Crippen LogP contribution in [0.2, 0.25) is 0 Å². The van der Waals surface area contributed by atoms with E-state index in [4.69, 9.17) is 4.42 Å². The molecule has 2 heterocycles. The van der Waals surface area contributed by atoms with Gasteiger partial charge in [-0.05, 0) is 50.0 Å². The second-order valence-electron chi connectivity index (χ2n) is 5.62. The number of aromatic nitrogens is 2. The van der Waals surface area contributed by atoms with Crippen LogP contribution in [0.1, 0.15) is 36.1 Å². The summed E-state index contributed by atoms with van der Waals surface area (Å²) in [5.41, 5.74) is 3.64. The van der Waals surface area contributed by atoms with Crippen molar-refractivity contribution in [1.29, 1.82) is 0 Å². The van der Waals surface area contributed by atoms with E-state index in [1.807, 2.05) is 30.8 Å². The molecule has 1 amide bonds. The molecule has 5 nitrogen and oxygen atoms in total. The van der Waals surface area contributed by atoms with Gasteiger partial charge in [-0.1, -0.05) is 6.08 Å². The zero-order valence-electron chi connectivity index (χ0n) is 13.1. The van der Waals surface area contributed by atoms with Crippen molar-refractivity contribution >= 4 is 5.91 Å². The molecule has 0 spiro atoms. The topological polar surface area (TPSA) is 51.3 Å². The number of carbonyl (C=O) groups excluding carboxylic acids is 1. The van der Waals surface area contributed by atoms with Gasteiger partial charge >= 0.3 is 0 Å². The molecule has 5 heteroatoms. The first kappa shape index (κ1) is 14.6. The highest BCUT2D eigenvalue weighted by molar-refractivity contribution is 5.87. The fraction of sp³-hybridized carbons (Fsp3) is 0.412. The van der Waals surface area contributed by atoms with Gasteiger partial charge in [0.15, 0.2) is 0 Å².